The second-order valence-corrected chi connectivity index (χ2v) is 28.9. The highest BCUT2D eigenvalue weighted by Crippen LogP contribution is 2.51. The smallest absolute Gasteiger partial charge is 0.312 e. The molecule has 1 fully saturated rings. The molecule has 9 atom stereocenters. The standard InChI is InChI=1S/C78H100N10O17/c1-42(2)64(83-58(90)22-15-14-16-33-88-59(91)27-28-60(88)92)76(98)82-54(21-18-32-80-77(79)99)75(97)81-51-25-23-50(24-26-51)41-101-56-39-53(87-34-29-52(30-35-87)86(11)12)40-57-65(56)84-66-61-62-68(93)48(8)71-63(61)73(95)78(10,105-71)102-36-31-55(100-13)47(7)70(103-49(9)89)46(6)38-44(4)37-43(3)19-17-20-45(5)74(96)85-67(69(62)94)72(66)104-57/h17,19-20,23-28,31,36,39-40,42-44,46-47,52,54-55,64,70,93H,14-16,18,21-22,29-30,32-35,37-38,41H2,1-13H3,(H,81,97)(H,82,98)(H,83,90)(H,85,96)(H3,79,80,99)/b19-17+,36-31+,45-20-/t43-,44+,46+,47+,54-,55-,64-,70-,78-/m0/s1. The summed E-state index contributed by atoms with van der Waals surface area (Å²) in [6.45, 7) is 19.1. The van der Waals surface area contributed by atoms with Crippen molar-refractivity contribution < 1.29 is 76.4 Å². The zero-order chi connectivity index (χ0) is 76.3. The molecule has 6 aliphatic rings. The Labute approximate surface area is 611 Å². The van der Waals surface area contributed by atoms with Gasteiger partial charge >= 0.3 is 17.8 Å². The van der Waals surface area contributed by atoms with E-state index in [1.807, 2.05) is 40.1 Å². The molecule has 8 N–H and O–H groups in total. The Morgan fingerprint density at radius 1 is 0.895 bits per heavy atom. The van der Waals surface area contributed by atoms with Crippen molar-refractivity contribution in [3.8, 4) is 28.7 Å². The van der Waals surface area contributed by atoms with Gasteiger partial charge in [-0.25, -0.2) is 9.78 Å². The minimum absolute atomic E-state index is 0.0235. The van der Waals surface area contributed by atoms with E-state index in [1.165, 1.54) is 46.3 Å². The van der Waals surface area contributed by atoms with E-state index >= 15 is 9.59 Å². The normalized spacial score (nSPS) is 22.9. The van der Waals surface area contributed by atoms with Crippen molar-refractivity contribution in [2.75, 3.05) is 62.9 Å². The van der Waals surface area contributed by atoms with Crippen LogP contribution in [-0.2, 0) is 54.4 Å². The van der Waals surface area contributed by atoms with E-state index in [4.69, 9.17) is 38.8 Å². The summed E-state index contributed by atoms with van der Waals surface area (Å²) in [7, 11) is 5.61. The number of nitrogens with one attached hydrogen (secondary N) is 5. The van der Waals surface area contributed by atoms with Crippen LogP contribution >= 0.6 is 0 Å². The first-order valence-electron chi connectivity index (χ1n) is 36.1. The van der Waals surface area contributed by atoms with Gasteiger partial charge < -0.3 is 75.3 Å². The number of ketones is 1. The first-order valence-corrected chi connectivity index (χ1v) is 36.1. The number of nitrogens with zero attached hydrogens (tertiary/aromatic N) is 4. The number of aromatic nitrogens is 1. The van der Waals surface area contributed by atoms with E-state index in [0.717, 1.165) is 24.2 Å². The fraction of sp³-hybridized carbons (Fsp3) is 0.500. The fourth-order valence-electron chi connectivity index (χ4n) is 14.3. The molecule has 1 aliphatic carbocycles. The number of ether oxygens (including phenoxy) is 5. The van der Waals surface area contributed by atoms with Crippen LogP contribution in [0, 0.1) is 36.5 Å². The number of urea groups is 1. The molecule has 27 heteroatoms. The number of carbonyl (C=O) groups excluding carboxylic acids is 9. The molecule has 0 spiro atoms. The zero-order valence-corrected chi connectivity index (χ0v) is 62.2. The van der Waals surface area contributed by atoms with Gasteiger partial charge in [0.2, 0.25) is 23.2 Å². The Morgan fingerprint density at radius 2 is 1.60 bits per heavy atom. The van der Waals surface area contributed by atoms with Crippen LogP contribution in [0.25, 0.3) is 33.3 Å². The molecule has 4 bridgehead atoms. The molecule has 3 aromatic rings. The molecule has 27 nitrogen and oxygen atoms in total. The fourth-order valence-corrected chi connectivity index (χ4v) is 14.3. The molecule has 9 rings (SSSR count). The number of carbonyl (C=O) groups is 9. The van der Waals surface area contributed by atoms with Gasteiger partial charge in [0, 0.05) is 118 Å². The van der Waals surface area contributed by atoms with Crippen LogP contribution in [0.1, 0.15) is 148 Å². The Bertz CT molecular complexity index is 4250. The van der Waals surface area contributed by atoms with Crippen molar-refractivity contribution in [1.82, 2.24) is 30.7 Å². The van der Waals surface area contributed by atoms with Gasteiger partial charge in [0.15, 0.2) is 17.1 Å². The third-order valence-corrected chi connectivity index (χ3v) is 20.1. The van der Waals surface area contributed by atoms with Crippen molar-refractivity contribution in [2.45, 2.75) is 176 Å². The van der Waals surface area contributed by atoms with Gasteiger partial charge in [0.25, 0.3) is 23.5 Å². The van der Waals surface area contributed by atoms with E-state index in [1.54, 1.807) is 69.3 Å². The maximum atomic E-state index is 15.4. The Morgan fingerprint density at radius 3 is 2.26 bits per heavy atom. The molecular formula is C78H100N10O17. The monoisotopic (exact) mass is 1450 g/mol. The number of hydrogen-bond donors (Lipinski definition) is 7. The Kier molecular flexibility index (Phi) is 26.0. The first kappa shape index (κ1) is 79.0. The molecule has 105 heavy (non-hydrogen) atoms. The number of nitrogens with two attached hydrogens (primary N) is 1. The second-order valence-electron chi connectivity index (χ2n) is 28.9. The van der Waals surface area contributed by atoms with Crippen molar-refractivity contribution in [3.63, 3.8) is 0 Å². The number of amides is 8. The minimum Gasteiger partial charge on any atom is -0.507 e. The topological polar surface area (TPSA) is 359 Å². The van der Waals surface area contributed by atoms with Crippen LogP contribution in [0.2, 0.25) is 0 Å². The minimum atomic E-state index is -2.10. The summed E-state index contributed by atoms with van der Waals surface area (Å²) in [6, 6.07) is 7.77. The first-order chi connectivity index (χ1) is 49.9. The number of phenolic OH excluding ortho intramolecular Hbond substituents is 1. The third-order valence-electron chi connectivity index (χ3n) is 20.1. The summed E-state index contributed by atoms with van der Waals surface area (Å²) in [4.78, 5) is 146. The number of hydrogen-bond acceptors (Lipinski definition) is 20. The zero-order valence-electron chi connectivity index (χ0n) is 62.2. The highest BCUT2D eigenvalue weighted by molar-refractivity contribution is 6.22. The molecule has 0 unspecified atom stereocenters. The molecule has 0 radical (unpaired) electrons. The van der Waals surface area contributed by atoms with Crippen molar-refractivity contribution in [2.24, 2.45) is 35.3 Å². The molecule has 0 saturated carbocycles. The summed E-state index contributed by atoms with van der Waals surface area (Å²) in [6.07, 6.45) is 14.5. The summed E-state index contributed by atoms with van der Waals surface area (Å²) in [5.74, 6) is -7.62. The average molecular weight is 1450 g/mol. The number of phenols is 1. The number of unbranched alkanes of at least 4 members (excludes halogenated alkanes) is 2. The van der Waals surface area contributed by atoms with E-state index in [2.05, 4.69) is 50.2 Å². The number of fused-ring (bicyclic) bond motifs is 2. The number of methoxy groups -OCH3 is 1. The Balaban J connectivity index is 1.06. The predicted molar refractivity (Wildman–Crippen MR) is 396 cm³/mol. The average Bonchev–Trinajstić information content (AvgIpc) is 1.65. The lowest BCUT2D eigenvalue weighted by molar-refractivity contribution is -0.155. The van der Waals surface area contributed by atoms with Crippen molar-refractivity contribution >= 4 is 92.2 Å². The van der Waals surface area contributed by atoms with E-state index < -0.39 is 94.5 Å². The summed E-state index contributed by atoms with van der Waals surface area (Å²) >= 11 is 0. The van der Waals surface area contributed by atoms with Crippen LogP contribution in [0.4, 0.5) is 21.9 Å². The maximum absolute atomic E-state index is 15.4. The van der Waals surface area contributed by atoms with Crippen LogP contribution in [0.3, 0.4) is 0 Å². The quantitative estimate of drug-likeness (QED) is 0.0105. The van der Waals surface area contributed by atoms with Crippen molar-refractivity contribution in [1.29, 1.82) is 0 Å². The van der Waals surface area contributed by atoms with Gasteiger partial charge in [-0.3, -0.25) is 48.1 Å². The molecule has 5 heterocycles. The van der Waals surface area contributed by atoms with Crippen LogP contribution in [0.15, 0.2) is 93.9 Å². The molecule has 8 amide bonds. The number of benzene rings is 4. The number of aromatic hydroxyl groups is 1. The number of anilines is 3. The van der Waals surface area contributed by atoms with E-state index in [0.29, 0.717) is 61.8 Å². The lowest BCUT2D eigenvalue weighted by Crippen LogP contribution is -2.54. The number of piperidine rings is 1. The van der Waals surface area contributed by atoms with Crippen LogP contribution in [-0.4, -0.2) is 157 Å². The maximum Gasteiger partial charge on any atom is 0.312 e. The van der Waals surface area contributed by atoms with Gasteiger partial charge in [-0.2, -0.15) is 0 Å². The third kappa shape index (κ3) is 18.9. The van der Waals surface area contributed by atoms with E-state index in [-0.39, 0.29) is 136 Å². The van der Waals surface area contributed by atoms with Gasteiger partial charge in [-0.15, -0.1) is 0 Å². The summed E-state index contributed by atoms with van der Waals surface area (Å²) in [5, 5.41) is 25.6. The Hall–Kier alpha value is -10.2. The molecule has 0 aromatic heterocycles. The van der Waals surface area contributed by atoms with E-state index in [9.17, 15) is 43.5 Å². The lowest BCUT2D eigenvalue weighted by atomic mass is 9.82. The molecular weight excluding hydrogens is 1350 g/mol. The molecule has 1 saturated heterocycles. The molecule has 5 aliphatic heterocycles. The lowest BCUT2D eigenvalue weighted by Gasteiger charge is -2.36. The molecule has 3 aromatic carbocycles. The number of Topliss-reactive ketones (excluding diaryl/α,β-unsaturated/α-hetero) is 1. The largest absolute Gasteiger partial charge is 0.507 e. The van der Waals surface area contributed by atoms with Gasteiger partial charge in [-0.05, 0) is 127 Å². The van der Waals surface area contributed by atoms with Gasteiger partial charge in [-0.1, -0.05) is 78.3 Å². The highest BCUT2D eigenvalue weighted by atomic mass is 16.7. The number of imide groups is 1. The number of esters is 1. The molecule has 564 valence electrons. The van der Waals surface area contributed by atoms with Gasteiger partial charge in [0.1, 0.15) is 53.2 Å². The van der Waals surface area contributed by atoms with Gasteiger partial charge in [0.05, 0.1) is 23.3 Å². The van der Waals surface area contributed by atoms with Crippen molar-refractivity contribution in [3.05, 3.63) is 112 Å². The van der Waals surface area contributed by atoms with Crippen LogP contribution in [0.5, 0.6) is 17.2 Å². The predicted octanol–water partition coefficient (Wildman–Crippen LogP) is 9.61. The summed E-state index contributed by atoms with van der Waals surface area (Å²) < 4.78 is 38.4. The second kappa shape index (κ2) is 34.6. The number of rotatable bonds is 23. The summed E-state index contributed by atoms with van der Waals surface area (Å²) in [5.41, 5.74) is 6.01. The number of primary amides is 1. The SMILES string of the molecule is CO[C@H]1/C=C/O[C@@]2(C)Oc3c(C)c(O)c4c(=O)c(c5oc6cc(N7CCC(N(C)C)CC7)cc(OCc7ccc(NC(=O)[C@H](CCCNC(N)=O)NC(=O)[C@@H](NC(=O)CCCCCN8C(=O)C=CC8=O)C(C)C)cc7)c6nc-5c4c3C2=O)NC(=O)/C(C)=C\C=C\[C@H](C)C[C@@H](C)C[C@@H](C)[C@H](OC(C)=O)[C@@H]1C. The number of allylic oxidation sites excluding steroid dienone is 3. The van der Waals surface area contributed by atoms with Crippen LogP contribution < -0.4 is 52.1 Å². The highest BCUT2D eigenvalue weighted by Gasteiger charge is 2.50.